The number of carbonyl (C=O) groups is 1. The highest BCUT2D eigenvalue weighted by molar-refractivity contribution is 6.05. The SMILES string of the molecule is COc1cn2nc(CCC(C)(C)O)cc2cc1NC(=O)c1cccn(C)c1=O. The van der Waals surface area contributed by atoms with E-state index in [0.717, 1.165) is 11.2 Å². The van der Waals surface area contributed by atoms with Crippen LogP contribution in [0.1, 0.15) is 36.3 Å². The highest BCUT2D eigenvalue weighted by Crippen LogP contribution is 2.27. The monoisotopic (exact) mass is 384 g/mol. The number of methoxy groups -OCH3 is 1. The Morgan fingerprint density at radius 2 is 2.11 bits per heavy atom. The highest BCUT2D eigenvalue weighted by Gasteiger charge is 2.17. The van der Waals surface area contributed by atoms with Gasteiger partial charge in [0.25, 0.3) is 11.5 Å². The summed E-state index contributed by atoms with van der Waals surface area (Å²) < 4.78 is 8.38. The van der Waals surface area contributed by atoms with Crippen LogP contribution in [0, 0.1) is 0 Å². The van der Waals surface area contributed by atoms with E-state index in [1.165, 1.54) is 17.7 Å². The Kier molecular flexibility index (Phi) is 5.24. The first kappa shape index (κ1) is 19.6. The van der Waals surface area contributed by atoms with Crippen molar-refractivity contribution in [1.82, 2.24) is 14.2 Å². The number of anilines is 1. The maximum Gasteiger partial charge on any atom is 0.263 e. The average molecular weight is 384 g/mol. The smallest absolute Gasteiger partial charge is 0.263 e. The third kappa shape index (κ3) is 4.23. The van der Waals surface area contributed by atoms with Crippen LogP contribution in [-0.2, 0) is 13.5 Å². The maximum absolute atomic E-state index is 12.6. The molecule has 0 fully saturated rings. The summed E-state index contributed by atoms with van der Waals surface area (Å²) in [6.07, 6.45) is 4.46. The van der Waals surface area contributed by atoms with Crippen molar-refractivity contribution in [3.05, 3.63) is 58.3 Å². The van der Waals surface area contributed by atoms with Crippen molar-refractivity contribution in [3.63, 3.8) is 0 Å². The fraction of sp³-hybridized carbons (Fsp3) is 0.350. The van der Waals surface area contributed by atoms with E-state index in [0.29, 0.717) is 24.3 Å². The van der Waals surface area contributed by atoms with Gasteiger partial charge in [-0.15, -0.1) is 0 Å². The summed E-state index contributed by atoms with van der Waals surface area (Å²) in [5.74, 6) is -0.0867. The molecule has 0 saturated heterocycles. The first-order chi connectivity index (χ1) is 13.2. The van der Waals surface area contributed by atoms with Gasteiger partial charge in [-0.05, 0) is 51.0 Å². The molecule has 0 spiro atoms. The van der Waals surface area contributed by atoms with Crippen LogP contribution in [0.25, 0.3) is 5.52 Å². The molecule has 148 valence electrons. The van der Waals surface area contributed by atoms with E-state index < -0.39 is 11.5 Å². The van der Waals surface area contributed by atoms with Crippen molar-refractivity contribution in [2.24, 2.45) is 7.05 Å². The van der Waals surface area contributed by atoms with E-state index >= 15 is 0 Å². The van der Waals surface area contributed by atoms with E-state index in [1.54, 1.807) is 49.9 Å². The number of nitrogens with zero attached hydrogens (tertiary/aromatic N) is 3. The summed E-state index contributed by atoms with van der Waals surface area (Å²) in [6.45, 7) is 3.51. The van der Waals surface area contributed by atoms with E-state index in [1.807, 2.05) is 6.07 Å². The number of nitrogens with one attached hydrogen (secondary N) is 1. The predicted octanol–water partition coefficient (Wildman–Crippen LogP) is 2.00. The number of rotatable bonds is 6. The number of aryl methyl sites for hydroxylation is 2. The molecule has 2 N–H and O–H groups in total. The molecule has 0 aliphatic rings. The molecule has 3 aromatic rings. The van der Waals surface area contributed by atoms with E-state index in [-0.39, 0.29) is 11.1 Å². The second-order valence-corrected chi connectivity index (χ2v) is 7.37. The Bertz CT molecular complexity index is 1080. The summed E-state index contributed by atoms with van der Waals surface area (Å²) in [7, 11) is 3.09. The number of aliphatic hydroxyl groups is 1. The lowest BCUT2D eigenvalue weighted by Gasteiger charge is -2.15. The number of ether oxygens (including phenoxy) is 1. The first-order valence-corrected chi connectivity index (χ1v) is 8.93. The topological polar surface area (TPSA) is 97.9 Å². The van der Waals surface area contributed by atoms with Crippen LogP contribution in [-0.4, -0.2) is 37.9 Å². The van der Waals surface area contributed by atoms with Gasteiger partial charge in [-0.3, -0.25) is 9.59 Å². The van der Waals surface area contributed by atoms with Gasteiger partial charge >= 0.3 is 0 Å². The molecule has 0 saturated carbocycles. The van der Waals surface area contributed by atoms with Gasteiger partial charge in [-0.1, -0.05) is 0 Å². The fourth-order valence-electron chi connectivity index (χ4n) is 2.85. The molecule has 28 heavy (non-hydrogen) atoms. The standard InChI is InChI=1S/C20H24N4O4/c1-20(2,27)8-7-13-10-14-11-16(17(28-4)12-24(14)22-13)21-18(25)15-6-5-9-23(3)19(15)26/h5-6,9-12,27H,7-8H2,1-4H3,(H,21,25). The number of amides is 1. The minimum atomic E-state index is -0.769. The number of carbonyl (C=O) groups excluding carboxylic acids is 1. The number of aromatic nitrogens is 3. The van der Waals surface area contributed by atoms with Gasteiger partial charge in [0, 0.05) is 13.2 Å². The molecule has 0 aliphatic heterocycles. The molecule has 3 heterocycles. The molecule has 8 nitrogen and oxygen atoms in total. The third-order valence-corrected chi connectivity index (χ3v) is 4.44. The first-order valence-electron chi connectivity index (χ1n) is 8.93. The summed E-state index contributed by atoms with van der Waals surface area (Å²) in [4.78, 5) is 24.7. The summed E-state index contributed by atoms with van der Waals surface area (Å²) >= 11 is 0. The van der Waals surface area contributed by atoms with Crippen LogP contribution in [0.3, 0.4) is 0 Å². The molecule has 3 rings (SSSR count). The van der Waals surface area contributed by atoms with Crippen molar-refractivity contribution in [3.8, 4) is 5.75 Å². The zero-order chi connectivity index (χ0) is 20.5. The Morgan fingerprint density at radius 3 is 2.79 bits per heavy atom. The molecule has 0 aliphatic carbocycles. The lowest BCUT2D eigenvalue weighted by atomic mass is 10.0. The van der Waals surface area contributed by atoms with Gasteiger partial charge in [0.15, 0.2) is 5.75 Å². The molecule has 0 bridgehead atoms. The van der Waals surface area contributed by atoms with E-state index in [4.69, 9.17) is 4.74 Å². The lowest BCUT2D eigenvalue weighted by Crippen LogP contribution is -2.27. The lowest BCUT2D eigenvalue weighted by molar-refractivity contribution is 0.0711. The average Bonchev–Trinajstić information content (AvgIpc) is 3.02. The van der Waals surface area contributed by atoms with Gasteiger partial charge in [-0.25, -0.2) is 4.52 Å². The van der Waals surface area contributed by atoms with E-state index in [2.05, 4.69) is 10.4 Å². The van der Waals surface area contributed by atoms with Gasteiger partial charge < -0.3 is 19.7 Å². The zero-order valence-corrected chi connectivity index (χ0v) is 16.4. The van der Waals surface area contributed by atoms with Gasteiger partial charge in [0.1, 0.15) is 5.56 Å². The maximum atomic E-state index is 12.6. The van der Waals surface area contributed by atoms with Gasteiger partial charge in [-0.2, -0.15) is 5.10 Å². The molecular formula is C20H24N4O4. The zero-order valence-electron chi connectivity index (χ0n) is 16.4. The third-order valence-electron chi connectivity index (χ3n) is 4.44. The minimum absolute atomic E-state index is 0.0475. The quantitative estimate of drug-likeness (QED) is 0.677. The Morgan fingerprint density at radius 1 is 1.36 bits per heavy atom. The molecule has 1 amide bonds. The second-order valence-electron chi connectivity index (χ2n) is 7.37. The largest absolute Gasteiger partial charge is 0.493 e. The summed E-state index contributed by atoms with van der Waals surface area (Å²) in [5.41, 5.74) is 0.936. The minimum Gasteiger partial charge on any atom is -0.493 e. The van der Waals surface area contributed by atoms with Gasteiger partial charge in [0.05, 0.1) is 35.8 Å². The Labute approximate surface area is 162 Å². The Balaban J connectivity index is 1.91. The summed E-state index contributed by atoms with van der Waals surface area (Å²) in [6, 6.07) is 6.76. The number of fused-ring (bicyclic) bond motifs is 1. The number of hydrogen-bond acceptors (Lipinski definition) is 5. The Hall–Kier alpha value is -3.13. The van der Waals surface area contributed by atoms with Crippen LogP contribution in [0.2, 0.25) is 0 Å². The van der Waals surface area contributed by atoms with E-state index in [9.17, 15) is 14.7 Å². The fourth-order valence-corrected chi connectivity index (χ4v) is 2.85. The van der Waals surface area contributed by atoms with Crippen molar-refractivity contribution in [2.45, 2.75) is 32.3 Å². The molecule has 3 aromatic heterocycles. The normalized spacial score (nSPS) is 11.6. The molecule has 0 atom stereocenters. The molecule has 0 radical (unpaired) electrons. The highest BCUT2D eigenvalue weighted by atomic mass is 16.5. The van der Waals surface area contributed by atoms with Crippen molar-refractivity contribution >= 4 is 17.1 Å². The second kappa shape index (κ2) is 7.47. The van der Waals surface area contributed by atoms with Crippen molar-refractivity contribution in [2.75, 3.05) is 12.4 Å². The van der Waals surface area contributed by atoms with Crippen LogP contribution in [0.15, 0.2) is 41.5 Å². The molecular weight excluding hydrogens is 360 g/mol. The van der Waals surface area contributed by atoms with Crippen LogP contribution in [0.5, 0.6) is 5.75 Å². The van der Waals surface area contributed by atoms with Crippen LogP contribution in [0.4, 0.5) is 5.69 Å². The molecule has 0 unspecified atom stereocenters. The van der Waals surface area contributed by atoms with Crippen LogP contribution >= 0.6 is 0 Å². The van der Waals surface area contributed by atoms with Crippen LogP contribution < -0.4 is 15.6 Å². The predicted molar refractivity (Wildman–Crippen MR) is 106 cm³/mol. The number of hydrogen-bond donors (Lipinski definition) is 2. The van der Waals surface area contributed by atoms with Gasteiger partial charge in [0.2, 0.25) is 0 Å². The number of pyridine rings is 2. The molecule has 8 heteroatoms. The molecule has 0 aromatic carbocycles. The summed E-state index contributed by atoms with van der Waals surface area (Å²) in [5, 5.41) is 17.1. The van der Waals surface area contributed by atoms with Crippen molar-refractivity contribution < 1.29 is 14.6 Å². The van der Waals surface area contributed by atoms with Crippen molar-refractivity contribution in [1.29, 1.82) is 0 Å².